The lowest BCUT2D eigenvalue weighted by Crippen LogP contribution is -2.12. The lowest BCUT2D eigenvalue weighted by Gasteiger charge is -2.05. The van der Waals surface area contributed by atoms with Gasteiger partial charge in [0.05, 0.1) is 10.6 Å². The number of carbonyl (C=O) groups is 1. The minimum absolute atomic E-state index is 0.0480. The van der Waals surface area contributed by atoms with Crippen LogP contribution in [0.1, 0.15) is 9.67 Å². The first kappa shape index (κ1) is 13.8. The fourth-order valence-corrected chi connectivity index (χ4v) is 3.59. The van der Waals surface area contributed by atoms with Crippen molar-refractivity contribution < 1.29 is 18.3 Å². The summed E-state index contributed by atoms with van der Waals surface area (Å²) in [4.78, 5) is 14.3. The van der Waals surface area contributed by atoms with E-state index in [0.717, 1.165) is 17.4 Å². The van der Waals surface area contributed by atoms with Crippen molar-refractivity contribution >= 4 is 44.6 Å². The van der Waals surface area contributed by atoms with Crippen LogP contribution >= 0.6 is 22.9 Å². The Bertz CT molecular complexity index is 727. The number of sulfonamides is 1. The molecule has 9 heteroatoms. The molecule has 100 valence electrons. The Hall–Kier alpha value is -1.64. The maximum atomic E-state index is 12.0. The van der Waals surface area contributed by atoms with Gasteiger partial charge >= 0.3 is 5.97 Å². The van der Waals surface area contributed by atoms with Gasteiger partial charge in [-0.15, -0.1) is 11.3 Å². The van der Waals surface area contributed by atoms with Crippen molar-refractivity contribution in [2.45, 2.75) is 4.90 Å². The van der Waals surface area contributed by atoms with Crippen LogP contribution in [-0.2, 0) is 10.0 Å². The molecule has 0 atom stereocenters. The molecule has 2 aromatic rings. The number of halogens is 1. The summed E-state index contributed by atoms with van der Waals surface area (Å²) < 4.78 is 26.3. The smallest absolute Gasteiger partial charge is 0.345 e. The van der Waals surface area contributed by atoms with Gasteiger partial charge in [-0.05, 0) is 18.2 Å². The Morgan fingerprint density at radius 2 is 2.16 bits per heavy atom. The van der Waals surface area contributed by atoms with Gasteiger partial charge in [-0.25, -0.2) is 18.2 Å². The first-order valence-corrected chi connectivity index (χ1v) is 7.59. The van der Waals surface area contributed by atoms with E-state index in [4.69, 9.17) is 16.7 Å². The van der Waals surface area contributed by atoms with Crippen molar-refractivity contribution in [3.8, 4) is 0 Å². The highest BCUT2D eigenvalue weighted by Gasteiger charge is 2.18. The standard InChI is InChI=1S/C10H7ClN2O4S2/c11-9-3-6(1-2-12-9)13-19(16,17)7-4-8(10(14)15)18-5-7/h1-5H,(H,12,13)(H,14,15). The van der Waals surface area contributed by atoms with Gasteiger partial charge in [-0.3, -0.25) is 4.72 Å². The molecule has 0 aliphatic carbocycles. The molecule has 0 spiro atoms. The van der Waals surface area contributed by atoms with Gasteiger partial charge in [-0.2, -0.15) is 0 Å². The maximum Gasteiger partial charge on any atom is 0.345 e. The zero-order valence-electron chi connectivity index (χ0n) is 9.20. The monoisotopic (exact) mass is 318 g/mol. The first-order chi connectivity index (χ1) is 8.88. The summed E-state index contributed by atoms with van der Waals surface area (Å²) in [5.41, 5.74) is 0.253. The Morgan fingerprint density at radius 3 is 2.74 bits per heavy atom. The van der Waals surface area contributed by atoms with Crippen molar-refractivity contribution in [2.75, 3.05) is 4.72 Å². The van der Waals surface area contributed by atoms with Crippen LogP contribution in [0.25, 0.3) is 0 Å². The second-order valence-corrected chi connectivity index (χ2v) is 6.41. The summed E-state index contributed by atoms with van der Waals surface area (Å²) >= 11 is 6.48. The number of carboxylic acids is 1. The number of anilines is 1. The van der Waals surface area contributed by atoms with Crippen LogP contribution in [0.15, 0.2) is 34.7 Å². The molecule has 0 aromatic carbocycles. The number of thiophene rings is 1. The molecule has 2 N–H and O–H groups in total. The Balaban J connectivity index is 2.29. The van der Waals surface area contributed by atoms with Gasteiger partial charge in [0.25, 0.3) is 10.0 Å². The molecule has 0 amide bonds. The number of carboxylic acid groups (broad SMARTS) is 1. The van der Waals surface area contributed by atoms with Crippen LogP contribution in [0.4, 0.5) is 5.69 Å². The molecule has 0 fully saturated rings. The third kappa shape index (κ3) is 3.22. The maximum absolute atomic E-state index is 12.0. The number of hydrogen-bond acceptors (Lipinski definition) is 5. The number of nitrogens with one attached hydrogen (secondary N) is 1. The summed E-state index contributed by atoms with van der Waals surface area (Å²) in [6.07, 6.45) is 1.36. The number of hydrogen-bond donors (Lipinski definition) is 2. The molecule has 2 heterocycles. The summed E-state index contributed by atoms with van der Waals surface area (Å²) in [5, 5.41) is 10.2. The molecule has 0 bridgehead atoms. The Labute approximate surface area is 117 Å². The molecule has 2 rings (SSSR count). The van der Waals surface area contributed by atoms with Crippen molar-refractivity contribution in [1.29, 1.82) is 0 Å². The van der Waals surface area contributed by atoms with Crippen LogP contribution in [0.5, 0.6) is 0 Å². The average Bonchev–Trinajstić information content (AvgIpc) is 2.78. The normalized spacial score (nSPS) is 11.2. The second-order valence-electron chi connectivity index (χ2n) is 3.42. The number of aromatic nitrogens is 1. The molecule has 0 aliphatic heterocycles. The zero-order valence-corrected chi connectivity index (χ0v) is 11.6. The molecule has 0 aliphatic rings. The van der Waals surface area contributed by atoms with Gasteiger partial charge in [0.2, 0.25) is 0 Å². The second kappa shape index (κ2) is 5.16. The molecular formula is C10H7ClN2O4S2. The SMILES string of the molecule is O=C(O)c1cc(S(=O)(=O)Nc2ccnc(Cl)c2)cs1. The molecule has 0 radical (unpaired) electrons. The van der Waals surface area contributed by atoms with Crippen LogP contribution in [0, 0.1) is 0 Å². The first-order valence-electron chi connectivity index (χ1n) is 4.85. The van der Waals surface area contributed by atoms with Crippen LogP contribution in [-0.4, -0.2) is 24.5 Å². The molecule has 6 nitrogen and oxygen atoms in total. The van der Waals surface area contributed by atoms with Crippen molar-refractivity contribution in [2.24, 2.45) is 0 Å². The van der Waals surface area contributed by atoms with Crippen LogP contribution in [0.2, 0.25) is 5.15 Å². The third-order valence-electron chi connectivity index (χ3n) is 2.08. The van der Waals surface area contributed by atoms with Gasteiger partial charge in [0.1, 0.15) is 10.0 Å². The van der Waals surface area contributed by atoms with Crippen molar-refractivity contribution in [3.63, 3.8) is 0 Å². The van der Waals surface area contributed by atoms with Gasteiger partial charge in [-0.1, -0.05) is 11.6 Å². The highest BCUT2D eigenvalue weighted by molar-refractivity contribution is 7.92. The average molecular weight is 319 g/mol. The van der Waals surface area contributed by atoms with Crippen LogP contribution < -0.4 is 4.72 Å². The lowest BCUT2D eigenvalue weighted by molar-refractivity contribution is 0.0702. The fourth-order valence-electron chi connectivity index (χ4n) is 1.25. The molecule has 0 saturated heterocycles. The van der Waals surface area contributed by atoms with E-state index < -0.39 is 16.0 Å². The van der Waals surface area contributed by atoms with E-state index in [1.807, 2.05) is 0 Å². The predicted molar refractivity (Wildman–Crippen MR) is 71.3 cm³/mol. The molecule has 0 unspecified atom stereocenters. The zero-order chi connectivity index (χ0) is 14.0. The van der Waals surface area contributed by atoms with Gasteiger partial charge in [0, 0.05) is 11.6 Å². The largest absolute Gasteiger partial charge is 0.477 e. The quantitative estimate of drug-likeness (QED) is 0.843. The van der Waals surface area contributed by atoms with Crippen LogP contribution in [0.3, 0.4) is 0 Å². The summed E-state index contributed by atoms with van der Waals surface area (Å²) in [6, 6.07) is 3.88. The highest BCUT2D eigenvalue weighted by atomic mass is 35.5. The fraction of sp³-hybridized carbons (Fsp3) is 0. The summed E-state index contributed by atoms with van der Waals surface area (Å²) in [5.74, 6) is -1.17. The Kier molecular flexibility index (Phi) is 3.74. The molecule has 2 aromatic heterocycles. The number of aromatic carboxylic acids is 1. The molecule has 0 saturated carbocycles. The lowest BCUT2D eigenvalue weighted by atomic mass is 10.4. The highest BCUT2D eigenvalue weighted by Crippen LogP contribution is 2.22. The molecule has 19 heavy (non-hydrogen) atoms. The van der Waals surface area contributed by atoms with E-state index in [1.165, 1.54) is 23.7 Å². The minimum Gasteiger partial charge on any atom is -0.477 e. The van der Waals surface area contributed by atoms with E-state index in [2.05, 4.69) is 9.71 Å². The minimum atomic E-state index is -3.83. The number of pyridine rings is 1. The Morgan fingerprint density at radius 1 is 1.42 bits per heavy atom. The number of rotatable bonds is 4. The van der Waals surface area contributed by atoms with E-state index in [9.17, 15) is 13.2 Å². The van der Waals surface area contributed by atoms with E-state index in [1.54, 1.807) is 0 Å². The number of nitrogens with zero attached hydrogens (tertiary/aromatic N) is 1. The third-order valence-corrected chi connectivity index (χ3v) is 4.71. The van der Waals surface area contributed by atoms with E-state index >= 15 is 0 Å². The van der Waals surface area contributed by atoms with Crippen molar-refractivity contribution in [1.82, 2.24) is 4.98 Å². The van der Waals surface area contributed by atoms with E-state index in [0.29, 0.717) is 0 Å². The predicted octanol–water partition coefficient (Wildman–Crippen LogP) is 2.30. The van der Waals surface area contributed by atoms with Gasteiger partial charge < -0.3 is 5.11 Å². The van der Waals surface area contributed by atoms with Crippen molar-refractivity contribution in [3.05, 3.63) is 39.8 Å². The molecular weight excluding hydrogens is 312 g/mol. The topological polar surface area (TPSA) is 96.4 Å². The van der Waals surface area contributed by atoms with Gasteiger partial charge in [0.15, 0.2) is 0 Å². The summed E-state index contributed by atoms with van der Waals surface area (Å²) in [7, 11) is -3.83. The summed E-state index contributed by atoms with van der Waals surface area (Å²) in [6.45, 7) is 0. The van der Waals surface area contributed by atoms with E-state index in [-0.39, 0.29) is 20.6 Å².